The zero-order valence-corrected chi connectivity index (χ0v) is 23.8. The average molecular weight is 585 g/mol. The smallest absolute Gasteiger partial charge is 0.265 e. The molecule has 1 aliphatic heterocycles. The number of hydrogen-bond donors (Lipinski definition) is 2. The highest BCUT2D eigenvalue weighted by molar-refractivity contribution is 7.88. The van der Waals surface area contributed by atoms with Crippen molar-refractivity contribution < 1.29 is 17.9 Å². The maximum Gasteiger partial charge on any atom is 0.265 e. The molecule has 8 nitrogen and oxygen atoms in total. The number of aliphatic hydroxyl groups excluding tert-OH is 1. The zero-order chi connectivity index (χ0) is 29.2. The van der Waals surface area contributed by atoms with E-state index >= 15 is 4.39 Å². The number of nitrogens with one attached hydrogen (secondary N) is 1. The molecule has 0 bridgehead atoms. The SMILES string of the molecule is CS(=O)(=O)N1CC=C(c2cc3c(-c4cccc(-n5ccc6cc(C7CC7)cc(F)c6c5=O)c4CO)ccnc3[nH]2)CC1. The zero-order valence-electron chi connectivity index (χ0n) is 23.0. The minimum absolute atomic E-state index is 0.0352. The van der Waals surface area contributed by atoms with Gasteiger partial charge in [-0.3, -0.25) is 9.36 Å². The van der Waals surface area contributed by atoms with Crippen LogP contribution in [0.1, 0.15) is 42.0 Å². The monoisotopic (exact) mass is 584 g/mol. The van der Waals surface area contributed by atoms with Gasteiger partial charge in [0, 0.05) is 42.1 Å². The first-order valence-corrected chi connectivity index (χ1v) is 15.8. The van der Waals surface area contributed by atoms with Gasteiger partial charge in [-0.05, 0) is 83.2 Å². The molecule has 10 heteroatoms. The van der Waals surface area contributed by atoms with Gasteiger partial charge < -0.3 is 10.1 Å². The predicted octanol–water partition coefficient (Wildman–Crippen LogP) is 5.09. The van der Waals surface area contributed by atoms with Crippen molar-refractivity contribution in [1.82, 2.24) is 18.8 Å². The van der Waals surface area contributed by atoms with Gasteiger partial charge in [0.1, 0.15) is 11.5 Å². The summed E-state index contributed by atoms with van der Waals surface area (Å²) in [4.78, 5) is 21.5. The van der Waals surface area contributed by atoms with Crippen molar-refractivity contribution in [2.75, 3.05) is 19.3 Å². The van der Waals surface area contributed by atoms with E-state index in [-0.39, 0.29) is 12.0 Å². The van der Waals surface area contributed by atoms with E-state index < -0.39 is 21.4 Å². The summed E-state index contributed by atoms with van der Waals surface area (Å²) in [5.74, 6) is -0.158. The highest BCUT2D eigenvalue weighted by Crippen LogP contribution is 2.41. The molecule has 5 aromatic rings. The summed E-state index contributed by atoms with van der Waals surface area (Å²) in [5, 5.41) is 12.0. The lowest BCUT2D eigenvalue weighted by molar-refractivity contribution is 0.282. The standard InChI is InChI=1S/C32H29FN4O4S/c1-42(40,41)36-12-8-20(9-13-36)28-17-25-24(7-11-34-31(25)35-28)23-3-2-4-29(26(23)18-38)37-14-10-21-15-22(19-5-6-19)16-27(33)30(21)32(37)39/h2-4,7-8,10-11,14-17,19,38H,5-6,9,12-13,18H2,1H3,(H,34,35). The molecule has 0 unspecified atom stereocenters. The Morgan fingerprint density at radius 3 is 2.67 bits per heavy atom. The molecule has 2 aliphatic rings. The van der Waals surface area contributed by atoms with Crippen LogP contribution in [0.25, 0.3) is 44.2 Å². The molecule has 3 aromatic heterocycles. The molecule has 1 aliphatic carbocycles. The third-order valence-corrected chi connectivity index (χ3v) is 9.68. The molecular weight excluding hydrogens is 555 g/mol. The summed E-state index contributed by atoms with van der Waals surface area (Å²) >= 11 is 0. The molecule has 2 N–H and O–H groups in total. The number of H-pyrrole nitrogens is 1. The predicted molar refractivity (Wildman–Crippen MR) is 161 cm³/mol. The molecule has 0 atom stereocenters. The van der Waals surface area contributed by atoms with Gasteiger partial charge >= 0.3 is 0 Å². The summed E-state index contributed by atoms with van der Waals surface area (Å²) in [5.41, 5.74) is 5.52. The number of halogens is 1. The number of pyridine rings is 2. The van der Waals surface area contributed by atoms with Gasteiger partial charge in [-0.25, -0.2) is 17.8 Å². The van der Waals surface area contributed by atoms with E-state index in [2.05, 4.69) is 9.97 Å². The molecule has 0 radical (unpaired) electrons. The van der Waals surface area contributed by atoms with Crippen LogP contribution in [-0.4, -0.2) is 51.7 Å². The fourth-order valence-corrected chi connectivity index (χ4v) is 6.81. The van der Waals surface area contributed by atoms with E-state index in [4.69, 9.17) is 0 Å². The lowest BCUT2D eigenvalue weighted by atomic mass is 9.96. The number of aliphatic hydroxyl groups is 1. The molecular formula is C32H29FN4O4S. The van der Waals surface area contributed by atoms with E-state index in [1.54, 1.807) is 24.5 Å². The van der Waals surface area contributed by atoms with E-state index in [1.165, 1.54) is 21.2 Å². The first-order chi connectivity index (χ1) is 20.2. The van der Waals surface area contributed by atoms with E-state index in [0.29, 0.717) is 47.7 Å². The minimum atomic E-state index is -3.26. The Morgan fingerprint density at radius 2 is 1.95 bits per heavy atom. The van der Waals surface area contributed by atoms with Gasteiger partial charge in [0.25, 0.3) is 5.56 Å². The van der Waals surface area contributed by atoms with Crippen LogP contribution in [0.4, 0.5) is 4.39 Å². The number of sulfonamides is 1. The number of aromatic nitrogens is 3. The maximum absolute atomic E-state index is 15.2. The number of nitrogens with zero attached hydrogens (tertiary/aromatic N) is 3. The quantitative estimate of drug-likeness (QED) is 0.289. The highest BCUT2D eigenvalue weighted by Gasteiger charge is 2.26. The second-order valence-electron chi connectivity index (χ2n) is 11.1. The lowest BCUT2D eigenvalue weighted by Gasteiger charge is -2.23. The molecule has 4 heterocycles. The average Bonchev–Trinajstić information content (AvgIpc) is 3.74. The number of rotatable bonds is 6. The number of benzene rings is 2. The number of fused-ring (bicyclic) bond motifs is 2. The van der Waals surface area contributed by atoms with E-state index in [9.17, 15) is 18.3 Å². The third-order valence-electron chi connectivity index (χ3n) is 8.41. The fraction of sp³-hybridized carbons (Fsp3) is 0.250. The lowest BCUT2D eigenvalue weighted by Crippen LogP contribution is -2.33. The molecule has 2 aromatic carbocycles. The minimum Gasteiger partial charge on any atom is -0.392 e. The summed E-state index contributed by atoms with van der Waals surface area (Å²) in [7, 11) is -3.26. The fourth-order valence-electron chi connectivity index (χ4n) is 6.04. The number of aromatic amines is 1. The second kappa shape index (κ2) is 10.0. The summed E-state index contributed by atoms with van der Waals surface area (Å²) in [6.07, 6.45) is 9.10. The third kappa shape index (κ3) is 4.56. The van der Waals surface area contributed by atoms with Gasteiger partial charge in [0.05, 0.1) is 23.9 Å². The summed E-state index contributed by atoms with van der Waals surface area (Å²) in [6.45, 7) is 0.371. The molecule has 0 saturated heterocycles. The van der Waals surface area contributed by atoms with Crippen LogP contribution in [0.2, 0.25) is 0 Å². The van der Waals surface area contributed by atoms with Gasteiger partial charge in [0.2, 0.25) is 10.0 Å². The van der Waals surface area contributed by atoms with Crippen LogP contribution in [0, 0.1) is 5.82 Å². The van der Waals surface area contributed by atoms with Crippen molar-refractivity contribution in [3.8, 4) is 16.8 Å². The Balaban J connectivity index is 1.32. The largest absolute Gasteiger partial charge is 0.392 e. The van der Waals surface area contributed by atoms with Crippen LogP contribution in [-0.2, 0) is 16.6 Å². The van der Waals surface area contributed by atoms with Gasteiger partial charge in [-0.15, -0.1) is 0 Å². The Bertz CT molecular complexity index is 2090. The van der Waals surface area contributed by atoms with Crippen molar-refractivity contribution in [2.45, 2.75) is 31.8 Å². The molecule has 1 saturated carbocycles. The Labute approximate surface area is 241 Å². The van der Waals surface area contributed by atoms with Gasteiger partial charge in [-0.1, -0.05) is 24.3 Å². The van der Waals surface area contributed by atoms with Gasteiger partial charge in [-0.2, -0.15) is 4.31 Å². The van der Waals surface area contributed by atoms with E-state index in [1.807, 2.05) is 36.4 Å². The molecule has 214 valence electrons. The molecule has 1 fully saturated rings. The first-order valence-electron chi connectivity index (χ1n) is 13.9. The normalized spacial score (nSPS) is 16.3. The Morgan fingerprint density at radius 1 is 1.12 bits per heavy atom. The van der Waals surface area contributed by atoms with Crippen LogP contribution in [0.3, 0.4) is 0 Å². The van der Waals surface area contributed by atoms with Crippen LogP contribution < -0.4 is 5.56 Å². The maximum atomic E-state index is 15.2. The van der Waals surface area contributed by atoms with Crippen molar-refractivity contribution >= 4 is 37.4 Å². The Hall–Kier alpha value is -4.12. The topological polar surface area (TPSA) is 108 Å². The highest BCUT2D eigenvalue weighted by atomic mass is 32.2. The second-order valence-corrected chi connectivity index (χ2v) is 13.1. The summed E-state index contributed by atoms with van der Waals surface area (Å²) in [6, 6.07) is 14.4. The van der Waals surface area contributed by atoms with Crippen LogP contribution >= 0.6 is 0 Å². The summed E-state index contributed by atoms with van der Waals surface area (Å²) < 4.78 is 41.9. The van der Waals surface area contributed by atoms with Gasteiger partial charge in [0.15, 0.2) is 0 Å². The molecule has 0 amide bonds. The first kappa shape index (κ1) is 26.8. The van der Waals surface area contributed by atoms with Crippen molar-refractivity contribution in [2.24, 2.45) is 0 Å². The molecule has 0 spiro atoms. The van der Waals surface area contributed by atoms with Crippen molar-refractivity contribution in [3.05, 3.63) is 100.0 Å². The Kier molecular flexibility index (Phi) is 6.38. The molecule has 7 rings (SSSR count). The van der Waals surface area contributed by atoms with Crippen LogP contribution in [0.15, 0.2) is 71.8 Å². The van der Waals surface area contributed by atoms with Crippen molar-refractivity contribution in [1.29, 1.82) is 0 Å². The van der Waals surface area contributed by atoms with E-state index in [0.717, 1.165) is 46.2 Å². The number of hydrogen-bond acceptors (Lipinski definition) is 5. The molecule has 42 heavy (non-hydrogen) atoms. The van der Waals surface area contributed by atoms with Crippen LogP contribution in [0.5, 0.6) is 0 Å². The van der Waals surface area contributed by atoms with Crippen molar-refractivity contribution in [3.63, 3.8) is 0 Å².